The highest BCUT2D eigenvalue weighted by Crippen LogP contribution is 2.26. The van der Waals surface area contributed by atoms with Crippen LogP contribution in [0.1, 0.15) is 19.8 Å². The highest BCUT2D eigenvalue weighted by atomic mass is 32.2. The molecule has 0 N–H and O–H groups in total. The highest BCUT2D eigenvalue weighted by molar-refractivity contribution is 7.89. The van der Waals surface area contributed by atoms with Gasteiger partial charge in [0.15, 0.2) is 0 Å². The van der Waals surface area contributed by atoms with E-state index >= 15 is 0 Å². The topological polar surface area (TPSA) is 59.4 Å². The molecule has 1 aliphatic heterocycles. The van der Waals surface area contributed by atoms with E-state index in [2.05, 4.69) is 6.92 Å². The summed E-state index contributed by atoms with van der Waals surface area (Å²) in [6.07, 6.45) is 1.77. The number of piperidine rings is 1. The van der Waals surface area contributed by atoms with Crippen molar-refractivity contribution in [3.05, 3.63) is 58.9 Å². The molecule has 0 spiro atoms. The monoisotopic (exact) mass is 388 g/mol. The number of benzene rings is 2. The number of nitrogens with zero attached hydrogens (tertiary/aromatic N) is 2. The molecule has 5 nitrogen and oxygen atoms in total. The molecule has 0 saturated carbocycles. The highest BCUT2D eigenvalue weighted by Gasteiger charge is 2.28. The van der Waals surface area contributed by atoms with Crippen molar-refractivity contribution in [3.8, 4) is 5.69 Å². The third kappa shape index (κ3) is 3.00. The van der Waals surface area contributed by atoms with Gasteiger partial charge in [-0.05, 0) is 49.1 Å². The van der Waals surface area contributed by atoms with Gasteiger partial charge < -0.3 is 0 Å². The lowest BCUT2D eigenvalue weighted by Gasteiger charge is -2.29. The van der Waals surface area contributed by atoms with Crippen molar-refractivity contribution in [1.29, 1.82) is 0 Å². The van der Waals surface area contributed by atoms with Crippen molar-refractivity contribution in [3.63, 3.8) is 0 Å². The fourth-order valence-electron chi connectivity index (χ4n) is 3.29. The molecule has 0 bridgehead atoms. The molecule has 136 valence electrons. The van der Waals surface area contributed by atoms with Crippen LogP contribution < -0.4 is 5.56 Å². The van der Waals surface area contributed by atoms with Crippen molar-refractivity contribution in [1.82, 2.24) is 8.26 Å². The second-order valence-electron chi connectivity index (χ2n) is 6.77. The maximum atomic E-state index is 13.0. The lowest BCUT2D eigenvalue weighted by molar-refractivity contribution is 0.288. The summed E-state index contributed by atoms with van der Waals surface area (Å²) in [4.78, 5) is 12.9. The van der Waals surface area contributed by atoms with Gasteiger partial charge in [-0.15, -0.1) is 0 Å². The Morgan fingerprint density at radius 1 is 1.04 bits per heavy atom. The molecule has 0 amide bonds. The predicted molar refractivity (Wildman–Crippen MR) is 105 cm³/mol. The fraction of sp³-hybridized carbons (Fsp3) is 0.316. The summed E-state index contributed by atoms with van der Waals surface area (Å²) in [5.74, 6) is 0.560. The number of hydrogen-bond acceptors (Lipinski definition) is 4. The molecule has 2 aromatic carbocycles. The molecule has 0 aliphatic carbocycles. The summed E-state index contributed by atoms with van der Waals surface area (Å²) in [6.45, 7) is 3.26. The average Bonchev–Trinajstić information content (AvgIpc) is 2.99. The summed E-state index contributed by atoms with van der Waals surface area (Å²) >= 11 is 1.33. The summed E-state index contributed by atoms with van der Waals surface area (Å²) in [7, 11) is -3.54. The molecule has 0 radical (unpaired) electrons. The maximum Gasteiger partial charge on any atom is 0.273 e. The Bertz CT molecular complexity index is 1110. The number of hydrogen-bond donors (Lipinski definition) is 0. The minimum atomic E-state index is -3.54. The summed E-state index contributed by atoms with van der Waals surface area (Å²) in [5, 5.41) is 0.649. The van der Waals surface area contributed by atoms with Crippen LogP contribution in [0.5, 0.6) is 0 Å². The van der Waals surface area contributed by atoms with Crippen LogP contribution in [0.2, 0.25) is 0 Å². The molecule has 1 fully saturated rings. The van der Waals surface area contributed by atoms with E-state index < -0.39 is 10.0 Å². The minimum absolute atomic E-state index is 0.119. The van der Waals surface area contributed by atoms with E-state index in [0.717, 1.165) is 17.5 Å². The summed E-state index contributed by atoms with van der Waals surface area (Å²) < 4.78 is 30.0. The largest absolute Gasteiger partial charge is 0.273 e. The van der Waals surface area contributed by atoms with Gasteiger partial charge in [-0.2, -0.15) is 4.31 Å². The molecular weight excluding hydrogens is 368 g/mol. The molecular formula is C19H20N2O3S2. The number of aromatic nitrogens is 1. The SMILES string of the molecule is CC1CCN(S(=O)(=O)c2cccc(-n3sc4ccccc4c3=O)c2)CC1. The second kappa shape index (κ2) is 6.64. The Kier molecular flexibility index (Phi) is 4.46. The first-order valence-electron chi connectivity index (χ1n) is 8.68. The van der Waals surface area contributed by atoms with E-state index in [1.54, 1.807) is 38.6 Å². The predicted octanol–water partition coefficient (Wildman–Crippen LogP) is 3.47. The van der Waals surface area contributed by atoms with E-state index in [1.165, 1.54) is 11.5 Å². The first-order chi connectivity index (χ1) is 12.5. The Labute approximate surface area is 156 Å². The zero-order valence-corrected chi connectivity index (χ0v) is 16.1. The molecule has 1 aromatic heterocycles. The molecule has 0 unspecified atom stereocenters. The van der Waals surface area contributed by atoms with Crippen LogP contribution in [0.3, 0.4) is 0 Å². The van der Waals surface area contributed by atoms with E-state index in [9.17, 15) is 13.2 Å². The van der Waals surface area contributed by atoms with Gasteiger partial charge in [-0.3, -0.25) is 4.79 Å². The fourth-order valence-corrected chi connectivity index (χ4v) is 5.79. The van der Waals surface area contributed by atoms with E-state index in [4.69, 9.17) is 0 Å². The van der Waals surface area contributed by atoms with Crippen LogP contribution >= 0.6 is 11.5 Å². The standard InChI is InChI=1S/C19H20N2O3S2/c1-14-9-11-20(12-10-14)26(23,24)16-6-4-5-15(13-16)21-19(22)17-7-2-3-8-18(17)25-21/h2-8,13-14H,9-12H2,1H3. The van der Waals surface area contributed by atoms with Crippen molar-refractivity contribution in [2.45, 2.75) is 24.7 Å². The molecule has 4 rings (SSSR count). The minimum Gasteiger partial charge on any atom is -0.267 e. The molecule has 1 aliphatic rings. The molecule has 7 heteroatoms. The average molecular weight is 389 g/mol. The Morgan fingerprint density at radius 3 is 2.50 bits per heavy atom. The number of rotatable bonds is 3. The van der Waals surface area contributed by atoms with Crippen molar-refractivity contribution in [2.24, 2.45) is 5.92 Å². The number of sulfonamides is 1. The van der Waals surface area contributed by atoms with E-state index in [0.29, 0.717) is 30.1 Å². The molecule has 2 heterocycles. The van der Waals surface area contributed by atoms with Gasteiger partial charge in [-0.25, -0.2) is 12.4 Å². The van der Waals surface area contributed by atoms with Crippen LogP contribution in [-0.4, -0.2) is 29.8 Å². The zero-order chi connectivity index (χ0) is 18.3. The van der Waals surface area contributed by atoms with E-state index in [1.807, 2.05) is 18.2 Å². The van der Waals surface area contributed by atoms with Crippen LogP contribution in [0.15, 0.2) is 58.2 Å². The smallest absolute Gasteiger partial charge is 0.267 e. The van der Waals surface area contributed by atoms with Gasteiger partial charge >= 0.3 is 0 Å². The summed E-state index contributed by atoms with van der Waals surface area (Å²) in [6, 6.07) is 14.1. The van der Waals surface area contributed by atoms with Gasteiger partial charge in [0.25, 0.3) is 5.56 Å². The van der Waals surface area contributed by atoms with E-state index in [-0.39, 0.29) is 10.5 Å². The zero-order valence-electron chi connectivity index (χ0n) is 14.5. The van der Waals surface area contributed by atoms with Crippen molar-refractivity contribution in [2.75, 3.05) is 13.1 Å². The third-order valence-electron chi connectivity index (χ3n) is 4.92. The van der Waals surface area contributed by atoms with Gasteiger partial charge in [-0.1, -0.05) is 36.7 Å². The Balaban J connectivity index is 1.75. The lowest BCUT2D eigenvalue weighted by atomic mass is 10.0. The second-order valence-corrected chi connectivity index (χ2v) is 9.70. The van der Waals surface area contributed by atoms with Crippen LogP contribution in [-0.2, 0) is 10.0 Å². The normalized spacial score (nSPS) is 17.0. The van der Waals surface area contributed by atoms with Crippen molar-refractivity contribution >= 4 is 31.6 Å². The maximum absolute atomic E-state index is 13.0. The van der Waals surface area contributed by atoms with Gasteiger partial charge in [0.05, 0.1) is 20.7 Å². The van der Waals surface area contributed by atoms with Gasteiger partial charge in [0.1, 0.15) is 0 Å². The van der Waals surface area contributed by atoms with Crippen LogP contribution in [0.25, 0.3) is 15.8 Å². The molecule has 0 atom stereocenters. The van der Waals surface area contributed by atoms with Crippen LogP contribution in [0.4, 0.5) is 0 Å². The summed E-state index contributed by atoms with van der Waals surface area (Å²) in [5.41, 5.74) is 0.467. The Hall–Kier alpha value is -1.96. The molecule has 1 saturated heterocycles. The van der Waals surface area contributed by atoms with Crippen LogP contribution in [0, 0.1) is 5.92 Å². The lowest BCUT2D eigenvalue weighted by Crippen LogP contribution is -2.37. The first kappa shape index (κ1) is 17.5. The number of fused-ring (bicyclic) bond motifs is 1. The third-order valence-corrected chi connectivity index (χ3v) is 7.93. The molecule has 3 aromatic rings. The van der Waals surface area contributed by atoms with Gasteiger partial charge in [0, 0.05) is 13.1 Å². The Morgan fingerprint density at radius 2 is 1.77 bits per heavy atom. The quantitative estimate of drug-likeness (QED) is 0.690. The first-order valence-corrected chi connectivity index (χ1v) is 10.9. The van der Waals surface area contributed by atoms with Crippen molar-refractivity contribution < 1.29 is 8.42 Å². The van der Waals surface area contributed by atoms with Gasteiger partial charge in [0.2, 0.25) is 10.0 Å². The molecule has 26 heavy (non-hydrogen) atoms.